The monoisotopic (exact) mass is 464 g/mol. The second-order valence-corrected chi connectivity index (χ2v) is 7.47. The van der Waals surface area contributed by atoms with Gasteiger partial charge in [0.25, 0.3) is 5.89 Å². The minimum absolute atomic E-state index is 0.00401. The zero-order chi connectivity index (χ0) is 23.7. The van der Waals surface area contributed by atoms with Crippen molar-refractivity contribution in [2.75, 3.05) is 31.1 Å². The Hall–Kier alpha value is -4.66. The average Bonchev–Trinajstić information content (AvgIpc) is 3.60. The van der Waals surface area contributed by atoms with Gasteiger partial charge in [-0.3, -0.25) is 4.79 Å². The highest BCUT2D eigenvalue weighted by Gasteiger charge is 2.27. The number of amides is 1. The fourth-order valence-electron chi connectivity index (χ4n) is 3.61. The van der Waals surface area contributed by atoms with Crippen LogP contribution >= 0.6 is 0 Å². The minimum atomic E-state index is -0.780. The third kappa shape index (κ3) is 4.06. The van der Waals surface area contributed by atoms with Gasteiger partial charge >= 0.3 is 5.76 Å². The van der Waals surface area contributed by atoms with Crippen molar-refractivity contribution < 1.29 is 22.4 Å². The van der Waals surface area contributed by atoms with Gasteiger partial charge in [0.2, 0.25) is 23.4 Å². The summed E-state index contributed by atoms with van der Waals surface area (Å²) in [5.74, 6) is -0.578. The number of nitriles is 1. The molecule has 0 atom stereocenters. The van der Waals surface area contributed by atoms with Gasteiger partial charge in [0.05, 0.1) is 6.26 Å². The number of aromatic nitrogens is 3. The highest BCUT2D eigenvalue weighted by molar-refractivity contribution is 5.76. The first-order valence-electron chi connectivity index (χ1n) is 10.3. The molecule has 1 amide bonds. The summed E-state index contributed by atoms with van der Waals surface area (Å²) in [5.41, 5.74) is 0.557. The summed E-state index contributed by atoms with van der Waals surface area (Å²) in [6.45, 7) is 1.21. The van der Waals surface area contributed by atoms with Crippen LogP contribution in [-0.4, -0.2) is 51.8 Å². The second kappa shape index (κ2) is 8.70. The number of anilines is 1. The minimum Gasteiger partial charge on any atom is -0.459 e. The fraction of sp³-hybridized carbons (Fsp3) is 0.227. The standard InChI is InChI=1S/C22H17FN6O5/c23-15-5-3-14(4-6-15)19-26-29(22(31)34-19)13-18(30)27-7-9-28(10-8-27)21-16(12-24)25-20(33-21)17-2-1-11-32-17/h1-6,11H,7-10,13H2. The number of oxazole rings is 1. The van der Waals surface area contributed by atoms with Crippen molar-refractivity contribution in [3.63, 3.8) is 0 Å². The zero-order valence-electron chi connectivity index (χ0n) is 17.7. The molecule has 0 unspecified atom stereocenters. The lowest BCUT2D eigenvalue weighted by Gasteiger charge is -2.34. The van der Waals surface area contributed by atoms with Gasteiger partial charge in [-0.15, -0.1) is 5.10 Å². The van der Waals surface area contributed by atoms with Gasteiger partial charge in [-0.05, 0) is 36.4 Å². The molecule has 0 radical (unpaired) electrons. The third-order valence-corrected chi connectivity index (χ3v) is 5.35. The molecule has 0 N–H and O–H groups in total. The van der Waals surface area contributed by atoms with Crippen LogP contribution in [0.25, 0.3) is 23.1 Å². The number of piperazine rings is 1. The van der Waals surface area contributed by atoms with Crippen molar-refractivity contribution in [1.82, 2.24) is 19.7 Å². The summed E-state index contributed by atoms with van der Waals surface area (Å²) >= 11 is 0. The van der Waals surface area contributed by atoms with Crippen molar-refractivity contribution in [1.29, 1.82) is 5.26 Å². The van der Waals surface area contributed by atoms with Crippen molar-refractivity contribution in [3.8, 4) is 29.2 Å². The Balaban J connectivity index is 1.24. The summed E-state index contributed by atoms with van der Waals surface area (Å²) in [4.78, 5) is 32.5. The van der Waals surface area contributed by atoms with Gasteiger partial charge in [0.1, 0.15) is 18.4 Å². The van der Waals surface area contributed by atoms with E-state index in [0.717, 1.165) is 4.68 Å². The molecule has 1 aromatic carbocycles. The number of furan rings is 1. The molecule has 0 saturated carbocycles. The molecule has 11 nitrogen and oxygen atoms in total. The molecule has 0 spiro atoms. The van der Waals surface area contributed by atoms with Crippen LogP contribution in [-0.2, 0) is 11.3 Å². The average molecular weight is 464 g/mol. The molecule has 1 aliphatic heterocycles. The lowest BCUT2D eigenvalue weighted by molar-refractivity contribution is -0.132. The smallest absolute Gasteiger partial charge is 0.437 e. The Kier molecular flexibility index (Phi) is 5.43. The molecule has 1 saturated heterocycles. The Morgan fingerprint density at radius 1 is 1.09 bits per heavy atom. The number of benzene rings is 1. The molecule has 3 aromatic heterocycles. The number of hydrogen-bond acceptors (Lipinski definition) is 9. The van der Waals surface area contributed by atoms with Crippen molar-refractivity contribution in [2.24, 2.45) is 0 Å². The topological polar surface area (TPSA) is 135 Å². The molecule has 34 heavy (non-hydrogen) atoms. The lowest BCUT2D eigenvalue weighted by atomic mass is 10.2. The van der Waals surface area contributed by atoms with Crippen LogP contribution in [0.4, 0.5) is 10.3 Å². The number of halogens is 1. The zero-order valence-corrected chi connectivity index (χ0v) is 17.7. The Bertz CT molecular complexity index is 1410. The van der Waals surface area contributed by atoms with E-state index < -0.39 is 11.6 Å². The number of carbonyl (C=O) groups is 1. The normalized spacial score (nSPS) is 13.8. The number of rotatable bonds is 5. The Labute approximate surface area is 191 Å². The van der Waals surface area contributed by atoms with E-state index in [1.165, 1.54) is 30.5 Å². The quantitative estimate of drug-likeness (QED) is 0.435. The summed E-state index contributed by atoms with van der Waals surface area (Å²) in [6, 6.07) is 10.7. The van der Waals surface area contributed by atoms with Gasteiger partial charge in [-0.2, -0.15) is 14.9 Å². The van der Waals surface area contributed by atoms with Crippen LogP contribution in [0.1, 0.15) is 5.69 Å². The van der Waals surface area contributed by atoms with Crippen LogP contribution in [0.15, 0.2) is 60.7 Å². The van der Waals surface area contributed by atoms with E-state index in [2.05, 4.69) is 10.1 Å². The predicted octanol–water partition coefficient (Wildman–Crippen LogP) is 2.11. The highest BCUT2D eigenvalue weighted by atomic mass is 19.1. The van der Waals surface area contributed by atoms with Gasteiger partial charge in [-0.25, -0.2) is 9.18 Å². The maximum absolute atomic E-state index is 13.1. The van der Waals surface area contributed by atoms with Crippen LogP contribution in [0.5, 0.6) is 0 Å². The van der Waals surface area contributed by atoms with Crippen LogP contribution < -0.4 is 10.7 Å². The number of carbonyl (C=O) groups excluding carboxylic acids is 1. The third-order valence-electron chi connectivity index (χ3n) is 5.35. The molecule has 172 valence electrons. The summed E-state index contributed by atoms with van der Waals surface area (Å²) in [6.07, 6.45) is 1.48. The summed E-state index contributed by atoms with van der Waals surface area (Å²) in [7, 11) is 0. The molecule has 4 heterocycles. The van der Waals surface area contributed by atoms with E-state index in [9.17, 15) is 19.2 Å². The fourth-order valence-corrected chi connectivity index (χ4v) is 3.61. The number of nitrogens with zero attached hydrogens (tertiary/aromatic N) is 6. The maximum atomic E-state index is 13.1. The first-order chi connectivity index (χ1) is 16.5. The molecular formula is C22H17FN6O5. The van der Waals surface area contributed by atoms with Gasteiger partial charge in [0, 0.05) is 31.7 Å². The van der Waals surface area contributed by atoms with E-state index in [0.29, 0.717) is 43.4 Å². The molecule has 0 aliphatic carbocycles. The molecule has 4 aromatic rings. The summed E-state index contributed by atoms with van der Waals surface area (Å²) in [5, 5.41) is 13.5. The van der Waals surface area contributed by atoms with E-state index in [1.807, 2.05) is 11.0 Å². The molecular weight excluding hydrogens is 447 g/mol. The first-order valence-corrected chi connectivity index (χ1v) is 10.3. The van der Waals surface area contributed by atoms with E-state index >= 15 is 0 Å². The molecule has 5 rings (SSSR count). The Morgan fingerprint density at radius 2 is 1.85 bits per heavy atom. The largest absolute Gasteiger partial charge is 0.459 e. The lowest BCUT2D eigenvalue weighted by Crippen LogP contribution is -2.50. The van der Waals surface area contributed by atoms with Crippen molar-refractivity contribution in [3.05, 3.63) is 64.7 Å². The SMILES string of the molecule is N#Cc1nc(-c2ccco2)oc1N1CCN(C(=O)Cn2nc(-c3ccc(F)cc3)oc2=O)CC1. The Morgan fingerprint density at radius 3 is 2.53 bits per heavy atom. The van der Waals surface area contributed by atoms with Crippen LogP contribution in [0.2, 0.25) is 0 Å². The molecule has 12 heteroatoms. The van der Waals surface area contributed by atoms with Crippen LogP contribution in [0.3, 0.4) is 0 Å². The second-order valence-electron chi connectivity index (χ2n) is 7.47. The van der Waals surface area contributed by atoms with Gasteiger partial charge in [-0.1, -0.05) is 0 Å². The van der Waals surface area contributed by atoms with Gasteiger partial charge < -0.3 is 23.1 Å². The maximum Gasteiger partial charge on any atom is 0.437 e. The van der Waals surface area contributed by atoms with E-state index in [-0.39, 0.29) is 29.9 Å². The highest BCUT2D eigenvalue weighted by Crippen LogP contribution is 2.29. The van der Waals surface area contributed by atoms with Crippen LogP contribution in [0, 0.1) is 17.1 Å². The van der Waals surface area contributed by atoms with Crippen molar-refractivity contribution >= 4 is 11.8 Å². The van der Waals surface area contributed by atoms with Crippen molar-refractivity contribution in [2.45, 2.75) is 6.54 Å². The van der Waals surface area contributed by atoms with E-state index in [4.69, 9.17) is 13.3 Å². The molecule has 0 bridgehead atoms. The number of hydrogen-bond donors (Lipinski definition) is 0. The summed E-state index contributed by atoms with van der Waals surface area (Å²) < 4.78 is 30.2. The first kappa shape index (κ1) is 21.2. The molecule has 1 fully saturated rings. The van der Waals surface area contributed by atoms with Gasteiger partial charge in [0.15, 0.2) is 5.76 Å². The molecule has 1 aliphatic rings. The van der Waals surface area contributed by atoms with E-state index in [1.54, 1.807) is 17.0 Å². The predicted molar refractivity (Wildman–Crippen MR) is 114 cm³/mol.